The smallest absolute Gasteiger partial charge is 0.154 e. The Bertz CT molecular complexity index is 88.6. The lowest BCUT2D eigenvalue weighted by molar-refractivity contribution is -0.0994. The van der Waals surface area contributed by atoms with Crippen molar-refractivity contribution in [3.05, 3.63) is 0 Å². The topological polar surface area (TPSA) is 29.5 Å². The number of halogens is 1. The minimum absolute atomic E-state index is 0.564. The fourth-order valence-electron chi connectivity index (χ4n) is 1.04. The molecule has 0 saturated heterocycles. The molecule has 0 bridgehead atoms. The van der Waals surface area contributed by atoms with Gasteiger partial charge in [0.2, 0.25) is 0 Å². The summed E-state index contributed by atoms with van der Waals surface area (Å²) in [5, 5.41) is 9.16. The van der Waals surface area contributed by atoms with Gasteiger partial charge in [-0.05, 0) is 26.2 Å². The zero-order valence-electron chi connectivity index (χ0n) is 7.76. The molecule has 0 aromatic rings. The Labute approximate surface area is 79.9 Å². The molecule has 0 amide bonds. The summed E-state index contributed by atoms with van der Waals surface area (Å²) in [6, 6.07) is 0. The SMILES string of the molecule is CCOC(O)CCCCCCCl. The minimum Gasteiger partial charge on any atom is -0.368 e. The second-order valence-corrected chi connectivity index (χ2v) is 3.18. The van der Waals surface area contributed by atoms with Crippen molar-refractivity contribution >= 4 is 11.6 Å². The van der Waals surface area contributed by atoms with E-state index in [2.05, 4.69) is 0 Å². The maximum atomic E-state index is 9.16. The first-order valence-electron chi connectivity index (χ1n) is 4.67. The van der Waals surface area contributed by atoms with Crippen molar-refractivity contribution in [2.75, 3.05) is 12.5 Å². The maximum Gasteiger partial charge on any atom is 0.154 e. The van der Waals surface area contributed by atoms with Gasteiger partial charge in [-0.15, -0.1) is 11.6 Å². The van der Waals surface area contributed by atoms with E-state index < -0.39 is 6.29 Å². The molecule has 12 heavy (non-hydrogen) atoms. The summed E-state index contributed by atoms with van der Waals surface area (Å²) in [6.07, 6.45) is 4.57. The van der Waals surface area contributed by atoms with E-state index >= 15 is 0 Å². The Kier molecular flexibility index (Phi) is 9.46. The molecule has 0 radical (unpaired) electrons. The first kappa shape index (κ1) is 12.2. The highest BCUT2D eigenvalue weighted by Crippen LogP contribution is 2.06. The van der Waals surface area contributed by atoms with Gasteiger partial charge in [0, 0.05) is 12.5 Å². The molecule has 0 aliphatic carbocycles. The van der Waals surface area contributed by atoms with Crippen LogP contribution in [0.15, 0.2) is 0 Å². The van der Waals surface area contributed by atoms with E-state index in [1.165, 1.54) is 0 Å². The van der Waals surface area contributed by atoms with E-state index in [1.54, 1.807) is 0 Å². The highest BCUT2D eigenvalue weighted by molar-refractivity contribution is 6.17. The fourth-order valence-corrected chi connectivity index (χ4v) is 1.23. The van der Waals surface area contributed by atoms with E-state index in [-0.39, 0.29) is 0 Å². The van der Waals surface area contributed by atoms with Crippen molar-refractivity contribution in [1.29, 1.82) is 0 Å². The lowest BCUT2D eigenvalue weighted by atomic mass is 10.1. The summed E-state index contributed by atoms with van der Waals surface area (Å²) in [5.41, 5.74) is 0. The van der Waals surface area contributed by atoms with Gasteiger partial charge in [0.15, 0.2) is 6.29 Å². The van der Waals surface area contributed by atoms with E-state index in [0.29, 0.717) is 6.61 Å². The average Bonchev–Trinajstić information content (AvgIpc) is 2.05. The number of hydrogen-bond acceptors (Lipinski definition) is 2. The average molecular weight is 195 g/mol. The number of ether oxygens (including phenoxy) is 1. The van der Waals surface area contributed by atoms with Gasteiger partial charge >= 0.3 is 0 Å². The molecule has 0 spiro atoms. The van der Waals surface area contributed by atoms with Crippen molar-refractivity contribution in [1.82, 2.24) is 0 Å². The van der Waals surface area contributed by atoms with Crippen LogP contribution in [0.25, 0.3) is 0 Å². The monoisotopic (exact) mass is 194 g/mol. The molecule has 0 heterocycles. The van der Waals surface area contributed by atoms with Gasteiger partial charge in [-0.2, -0.15) is 0 Å². The zero-order valence-corrected chi connectivity index (χ0v) is 8.52. The zero-order chi connectivity index (χ0) is 9.23. The van der Waals surface area contributed by atoms with Crippen LogP contribution in [0.4, 0.5) is 0 Å². The van der Waals surface area contributed by atoms with E-state index in [9.17, 15) is 0 Å². The molecule has 0 aliphatic rings. The third-order valence-corrected chi connectivity index (χ3v) is 1.96. The van der Waals surface area contributed by atoms with Crippen LogP contribution >= 0.6 is 11.6 Å². The molecule has 0 aromatic carbocycles. The molecule has 3 heteroatoms. The van der Waals surface area contributed by atoms with E-state index in [0.717, 1.165) is 38.0 Å². The van der Waals surface area contributed by atoms with Crippen molar-refractivity contribution in [2.45, 2.75) is 45.3 Å². The third kappa shape index (κ3) is 8.31. The number of alkyl halides is 1. The largest absolute Gasteiger partial charge is 0.368 e. The Morgan fingerprint density at radius 1 is 1.25 bits per heavy atom. The molecule has 1 atom stereocenters. The summed E-state index contributed by atoms with van der Waals surface area (Å²) >= 11 is 5.52. The van der Waals surface area contributed by atoms with E-state index in [1.807, 2.05) is 6.92 Å². The van der Waals surface area contributed by atoms with Gasteiger partial charge in [-0.25, -0.2) is 0 Å². The normalized spacial score (nSPS) is 13.2. The Morgan fingerprint density at radius 3 is 2.50 bits per heavy atom. The molecule has 0 rings (SSSR count). The number of unbranched alkanes of at least 4 members (excludes halogenated alkanes) is 3. The summed E-state index contributed by atoms with van der Waals surface area (Å²) < 4.78 is 4.98. The summed E-state index contributed by atoms with van der Waals surface area (Å²) in [5.74, 6) is 0.744. The summed E-state index contributed by atoms with van der Waals surface area (Å²) in [7, 11) is 0. The quantitative estimate of drug-likeness (QED) is 0.366. The lowest BCUT2D eigenvalue weighted by Gasteiger charge is -2.09. The first-order chi connectivity index (χ1) is 5.81. The van der Waals surface area contributed by atoms with Crippen molar-refractivity contribution < 1.29 is 9.84 Å². The number of hydrogen-bond donors (Lipinski definition) is 1. The van der Waals surface area contributed by atoms with Gasteiger partial charge in [0.25, 0.3) is 0 Å². The van der Waals surface area contributed by atoms with Gasteiger partial charge in [-0.3, -0.25) is 0 Å². The second-order valence-electron chi connectivity index (χ2n) is 2.80. The maximum absolute atomic E-state index is 9.16. The standard InChI is InChI=1S/C9H19ClO2/c1-2-12-9(11)7-5-3-4-6-8-10/h9,11H,2-8H2,1H3. The van der Waals surface area contributed by atoms with Crippen LogP contribution in [0, 0.1) is 0 Å². The predicted octanol–water partition coefficient (Wildman–Crippen LogP) is 2.53. The van der Waals surface area contributed by atoms with Crippen molar-refractivity contribution in [3.63, 3.8) is 0 Å². The summed E-state index contributed by atoms with van der Waals surface area (Å²) in [6.45, 7) is 2.47. The fraction of sp³-hybridized carbons (Fsp3) is 1.00. The molecular formula is C9H19ClO2. The highest BCUT2D eigenvalue weighted by Gasteiger charge is 2.00. The molecule has 74 valence electrons. The molecular weight excluding hydrogens is 176 g/mol. The molecule has 0 fully saturated rings. The molecule has 0 aromatic heterocycles. The first-order valence-corrected chi connectivity index (χ1v) is 5.20. The molecule has 0 aliphatic heterocycles. The Hall–Kier alpha value is 0.210. The van der Waals surface area contributed by atoms with Gasteiger partial charge in [0.05, 0.1) is 0 Å². The highest BCUT2D eigenvalue weighted by atomic mass is 35.5. The second kappa shape index (κ2) is 9.30. The Morgan fingerprint density at radius 2 is 1.92 bits per heavy atom. The van der Waals surface area contributed by atoms with Crippen LogP contribution in [-0.4, -0.2) is 23.9 Å². The number of aliphatic hydroxyl groups is 1. The number of aliphatic hydroxyl groups excluding tert-OH is 1. The van der Waals surface area contributed by atoms with Crippen molar-refractivity contribution in [3.8, 4) is 0 Å². The Balaban J connectivity index is 2.97. The van der Waals surface area contributed by atoms with Crippen LogP contribution in [-0.2, 0) is 4.74 Å². The van der Waals surface area contributed by atoms with Gasteiger partial charge in [0.1, 0.15) is 0 Å². The number of rotatable bonds is 8. The molecule has 1 N–H and O–H groups in total. The van der Waals surface area contributed by atoms with Gasteiger partial charge < -0.3 is 9.84 Å². The van der Waals surface area contributed by atoms with Crippen LogP contribution in [0.1, 0.15) is 39.0 Å². The van der Waals surface area contributed by atoms with Crippen LogP contribution in [0.5, 0.6) is 0 Å². The lowest BCUT2D eigenvalue weighted by Crippen LogP contribution is -2.10. The van der Waals surface area contributed by atoms with Crippen LogP contribution in [0.2, 0.25) is 0 Å². The van der Waals surface area contributed by atoms with Crippen LogP contribution in [0.3, 0.4) is 0 Å². The molecule has 0 saturated carbocycles. The third-order valence-electron chi connectivity index (χ3n) is 1.69. The van der Waals surface area contributed by atoms with Gasteiger partial charge in [-0.1, -0.05) is 12.8 Å². The predicted molar refractivity (Wildman–Crippen MR) is 51.4 cm³/mol. The minimum atomic E-state index is -0.564. The van der Waals surface area contributed by atoms with Crippen molar-refractivity contribution in [2.24, 2.45) is 0 Å². The molecule has 1 unspecified atom stereocenters. The van der Waals surface area contributed by atoms with E-state index in [4.69, 9.17) is 21.4 Å². The summed E-state index contributed by atoms with van der Waals surface area (Å²) in [4.78, 5) is 0. The van der Waals surface area contributed by atoms with Crippen LogP contribution < -0.4 is 0 Å². The molecule has 2 nitrogen and oxygen atoms in total.